The number of benzene rings is 3. The lowest BCUT2D eigenvalue weighted by Gasteiger charge is -2.14. The van der Waals surface area contributed by atoms with Gasteiger partial charge in [-0.3, -0.25) is 9.59 Å². The lowest BCUT2D eigenvalue weighted by molar-refractivity contribution is -0.132. The number of rotatable bonds is 10. The van der Waals surface area contributed by atoms with Crippen LogP contribution in [0.5, 0.6) is 23.1 Å². The van der Waals surface area contributed by atoms with Crippen LogP contribution in [0.25, 0.3) is 28.1 Å². The number of carbonyl (C=O) groups is 2. The molecule has 4 aromatic rings. The molecule has 0 bridgehead atoms. The van der Waals surface area contributed by atoms with Crippen molar-refractivity contribution < 1.29 is 28.5 Å². The molecule has 0 saturated carbocycles. The van der Waals surface area contributed by atoms with E-state index < -0.39 is 5.97 Å². The summed E-state index contributed by atoms with van der Waals surface area (Å²) in [6.07, 6.45) is 0.424. The van der Waals surface area contributed by atoms with Crippen LogP contribution in [0.2, 0.25) is 0 Å². The van der Waals surface area contributed by atoms with E-state index in [0.717, 1.165) is 5.56 Å². The first kappa shape index (κ1) is 28.2. The number of carbonyl (C=O) groups excluding carboxylic acids is 2. The SMILES string of the molecule is COc1cc(-c2nn(-c3ccccc3)c(OC(C)=O)c2-c2ccc(NC(=O)CC(C)C)cc2)cc(OC)c1OC. The Labute approximate surface area is 233 Å². The van der Waals surface area contributed by atoms with Crippen molar-refractivity contribution in [3.63, 3.8) is 0 Å². The topological polar surface area (TPSA) is 101 Å². The summed E-state index contributed by atoms with van der Waals surface area (Å²) in [5, 5.41) is 7.83. The highest BCUT2D eigenvalue weighted by Gasteiger charge is 2.26. The van der Waals surface area contributed by atoms with Gasteiger partial charge in [-0.2, -0.15) is 9.78 Å². The van der Waals surface area contributed by atoms with Gasteiger partial charge in [0.2, 0.25) is 17.5 Å². The molecule has 1 N–H and O–H groups in total. The van der Waals surface area contributed by atoms with Crippen molar-refractivity contribution in [2.24, 2.45) is 5.92 Å². The van der Waals surface area contributed by atoms with Crippen LogP contribution in [-0.2, 0) is 9.59 Å². The van der Waals surface area contributed by atoms with Gasteiger partial charge in [-0.25, -0.2) is 0 Å². The third-order valence-corrected chi connectivity index (χ3v) is 6.07. The third kappa shape index (κ3) is 6.09. The molecule has 0 unspecified atom stereocenters. The maximum Gasteiger partial charge on any atom is 0.309 e. The Morgan fingerprint density at radius 1 is 0.875 bits per heavy atom. The zero-order chi connectivity index (χ0) is 28.8. The zero-order valence-corrected chi connectivity index (χ0v) is 23.5. The quantitative estimate of drug-likeness (QED) is 0.240. The molecule has 1 aromatic heterocycles. The van der Waals surface area contributed by atoms with Crippen LogP contribution in [0.1, 0.15) is 27.2 Å². The second-order valence-electron chi connectivity index (χ2n) is 9.51. The number of amides is 1. The van der Waals surface area contributed by atoms with Crippen LogP contribution in [0, 0.1) is 5.92 Å². The summed E-state index contributed by atoms with van der Waals surface area (Å²) in [6.45, 7) is 5.33. The number of aromatic nitrogens is 2. The second kappa shape index (κ2) is 12.4. The maximum atomic E-state index is 12.3. The van der Waals surface area contributed by atoms with Gasteiger partial charge >= 0.3 is 5.97 Å². The highest BCUT2D eigenvalue weighted by molar-refractivity contribution is 5.92. The lowest BCUT2D eigenvalue weighted by atomic mass is 10.00. The second-order valence-corrected chi connectivity index (χ2v) is 9.51. The van der Waals surface area contributed by atoms with Gasteiger partial charge in [0, 0.05) is 24.6 Å². The Balaban J connectivity index is 1.94. The van der Waals surface area contributed by atoms with Crippen molar-refractivity contribution in [3.8, 4) is 51.2 Å². The number of hydrogen-bond donors (Lipinski definition) is 1. The Hall–Kier alpha value is -4.79. The van der Waals surface area contributed by atoms with E-state index in [1.807, 2.05) is 68.4 Å². The number of para-hydroxylation sites is 1. The molecule has 3 aromatic carbocycles. The van der Waals surface area contributed by atoms with Crippen molar-refractivity contribution >= 4 is 17.6 Å². The van der Waals surface area contributed by atoms with Crippen LogP contribution in [-0.4, -0.2) is 43.0 Å². The number of methoxy groups -OCH3 is 3. The van der Waals surface area contributed by atoms with Gasteiger partial charge in [-0.1, -0.05) is 44.2 Å². The molecule has 0 spiro atoms. The Morgan fingerprint density at radius 2 is 1.50 bits per heavy atom. The van der Waals surface area contributed by atoms with Gasteiger partial charge in [0.25, 0.3) is 0 Å². The standard InChI is InChI=1S/C31H33N3O6/c1-19(2)16-27(36)32-23-14-12-21(13-15-23)28-29(22-17-25(37-4)30(39-6)26(18-22)38-5)33-34(31(28)40-20(3)35)24-10-8-7-9-11-24/h7-15,17-19H,16H2,1-6H3,(H,32,36). The molecule has 9 nitrogen and oxygen atoms in total. The van der Waals surface area contributed by atoms with Crippen molar-refractivity contribution in [3.05, 3.63) is 66.7 Å². The largest absolute Gasteiger partial charge is 0.493 e. The van der Waals surface area contributed by atoms with Crippen LogP contribution in [0.15, 0.2) is 66.7 Å². The van der Waals surface area contributed by atoms with Gasteiger partial charge in [0.15, 0.2) is 11.5 Å². The minimum Gasteiger partial charge on any atom is -0.493 e. The van der Waals surface area contributed by atoms with E-state index in [4.69, 9.17) is 24.0 Å². The smallest absolute Gasteiger partial charge is 0.309 e. The number of hydrogen-bond acceptors (Lipinski definition) is 7. The minimum atomic E-state index is -0.493. The van der Waals surface area contributed by atoms with Crippen molar-refractivity contribution in [1.29, 1.82) is 0 Å². The molecule has 0 fully saturated rings. The van der Waals surface area contributed by atoms with Gasteiger partial charge < -0.3 is 24.3 Å². The van der Waals surface area contributed by atoms with Crippen LogP contribution >= 0.6 is 0 Å². The molecule has 4 rings (SSSR count). The van der Waals surface area contributed by atoms with Crippen LogP contribution in [0.4, 0.5) is 5.69 Å². The van der Waals surface area contributed by atoms with Gasteiger partial charge in [-0.05, 0) is 47.9 Å². The average Bonchev–Trinajstić information content (AvgIpc) is 3.30. The van der Waals surface area contributed by atoms with Gasteiger partial charge in [0.1, 0.15) is 5.69 Å². The third-order valence-electron chi connectivity index (χ3n) is 6.07. The first-order chi connectivity index (χ1) is 19.2. The maximum absolute atomic E-state index is 12.3. The molecule has 208 valence electrons. The Kier molecular flexibility index (Phi) is 8.73. The Bertz CT molecular complexity index is 1470. The van der Waals surface area contributed by atoms with E-state index in [9.17, 15) is 9.59 Å². The highest BCUT2D eigenvalue weighted by Crippen LogP contribution is 2.46. The van der Waals surface area contributed by atoms with E-state index in [-0.39, 0.29) is 17.7 Å². The fourth-order valence-corrected chi connectivity index (χ4v) is 4.36. The monoisotopic (exact) mass is 543 g/mol. The average molecular weight is 544 g/mol. The summed E-state index contributed by atoms with van der Waals surface area (Å²) < 4.78 is 24.1. The molecule has 0 aliphatic heterocycles. The van der Waals surface area contributed by atoms with Crippen LogP contribution in [0.3, 0.4) is 0 Å². The molecular formula is C31H33N3O6. The first-order valence-electron chi connectivity index (χ1n) is 12.8. The molecular weight excluding hydrogens is 510 g/mol. The van der Waals surface area contributed by atoms with Crippen molar-refractivity contribution in [1.82, 2.24) is 9.78 Å². The number of anilines is 1. The van der Waals surface area contributed by atoms with Gasteiger partial charge in [0.05, 0.1) is 32.6 Å². The van der Waals surface area contributed by atoms with Gasteiger partial charge in [-0.15, -0.1) is 0 Å². The molecule has 0 aliphatic carbocycles. The predicted octanol–water partition coefficient (Wildman–Crippen LogP) is 6.14. The first-order valence-corrected chi connectivity index (χ1v) is 12.8. The predicted molar refractivity (Wildman–Crippen MR) is 153 cm³/mol. The molecule has 9 heteroatoms. The molecule has 1 amide bonds. The lowest BCUT2D eigenvalue weighted by Crippen LogP contribution is -2.13. The molecule has 40 heavy (non-hydrogen) atoms. The van der Waals surface area contributed by atoms with Crippen molar-refractivity contribution in [2.75, 3.05) is 26.6 Å². The summed E-state index contributed by atoms with van der Waals surface area (Å²) in [4.78, 5) is 24.6. The van der Waals surface area contributed by atoms with E-state index in [2.05, 4.69) is 5.32 Å². The Morgan fingerprint density at radius 3 is 2.02 bits per heavy atom. The van der Waals surface area contributed by atoms with E-state index in [1.165, 1.54) is 14.0 Å². The fraction of sp³-hybridized carbons (Fsp3) is 0.258. The van der Waals surface area contributed by atoms with E-state index in [1.54, 1.807) is 31.0 Å². The number of nitrogens with one attached hydrogen (secondary N) is 1. The van der Waals surface area contributed by atoms with Crippen molar-refractivity contribution in [2.45, 2.75) is 27.2 Å². The summed E-state index contributed by atoms with van der Waals surface area (Å²) in [5.74, 6) is 1.29. The minimum absolute atomic E-state index is 0.0571. The summed E-state index contributed by atoms with van der Waals surface area (Å²) in [6, 6.07) is 20.3. The molecule has 0 atom stereocenters. The molecule has 0 aliphatic rings. The number of ether oxygens (including phenoxy) is 4. The summed E-state index contributed by atoms with van der Waals surface area (Å²) in [7, 11) is 4.62. The normalized spacial score (nSPS) is 10.8. The number of esters is 1. The molecule has 0 saturated heterocycles. The van der Waals surface area contributed by atoms with E-state index >= 15 is 0 Å². The van der Waals surface area contributed by atoms with Crippen LogP contribution < -0.4 is 24.3 Å². The number of nitrogens with zero attached hydrogens (tertiary/aromatic N) is 2. The highest BCUT2D eigenvalue weighted by atomic mass is 16.5. The fourth-order valence-electron chi connectivity index (χ4n) is 4.36. The van der Waals surface area contributed by atoms with E-state index in [0.29, 0.717) is 51.9 Å². The molecule has 1 heterocycles. The zero-order valence-electron chi connectivity index (χ0n) is 23.5. The summed E-state index contributed by atoms with van der Waals surface area (Å²) >= 11 is 0. The summed E-state index contributed by atoms with van der Waals surface area (Å²) in [5.41, 5.74) is 3.85. The molecule has 0 radical (unpaired) electrons.